The van der Waals surface area contributed by atoms with Crippen molar-refractivity contribution in [2.75, 3.05) is 0 Å². The van der Waals surface area contributed by atoms with Gasteiger partial charge in [0.25, 0.3) is 5.91 Å². The first-order valence-electron chi connectivity index (χ1n) is 8.73. The third kappa shape index (κ3) is 3.95. The maximum Gasteiger partial charge on any atom is 0.251 e. The largest absolute Gasteiger partial charge is 0.343 e. The van der Waals surface area contributed by atoms with Gasteiger partial charge in [-0.05, 0) is 42.0 Å². The number of benzene rings is 2. The summed E-state index contributed by atoms with van der Waals surface area (Å²) in [6, 6.07) is 21.1. The lowest BCUT2D eigenvalue weighted by atomic mass is 10.1. The van der Waals surface area contributed by atoms with Crippen LogP contribution in [-0.2, 0) is 6.54 Å². The predicted molar refractivity (Wildman–Crippen MR) is 102 cm³/mol. The molecule has 0 aliphatic rings. The number of carbonyl (C=O) groups excluding carboxylic acids is 1. The maximum absolute atomic E-state index is 12.8. The molecule has 6 heteroatoms. The molecule has 0 bridgehead atoms. The van der Waals surface area contributed by atoms with Crippen LogP contribution < -0.4 is 5.32 Å². The van der Waals surface area contributed by atoms with Gasteiger partial charge in [0.1, 0.15) is 0 Å². The lowest BCUT2D eigenvalue weighted by molar-refractivity contribution is 0.0931. The first-order chi connectivity index (χ1) is 13.3. The van der Waals surface area contributed by atoms with Crippen molar-refractivity contribution in [3.8, 4) is 5.69 Å². The van der Waals surface area contributed by atoms with Crippen LogP contribution in [0.3, 0.4) is 0 Å². The van der Waals surface area contributed by atoms with Crippen LogP contribution in [0.2, 0.25) is 0 Å². The highest BCUT2D eigenvalue weighted by atomic mass is 16.1. The molecule has 2 heterocycles. The summed E-state index contributed by atoms with van der Waals surface area (Å²) in [5.74, 6) is -0.130. The van der Waals surface area contributed by atoms with E-state index in [1.807, 2.05) is 83.7 Å². The van der Waals surface area contributed by atoms with E-state index in [1.54, 1.807) is 17.2 Å². The summed E-state index contributed by atoms with van der Waals surface area (Å²) in [5.41, 5.74) is 2.63. The van der Waals surface area contributed by atoms with Crippen molar-refractivity contribution < 1.29 is 4.79 Å². The first kappa shape index (κ1) is 16.8. The smallest absolute Gasteiger partial charge is 0.251 e. The molecule has 2 aromatic heterocycles. The van der Waals surface area contributed by atoms with Gasteiger partial charge >= 0.3 is 0 Å². The van der Waals surface area contributed by atoms with Crippen molar-refractivity contribution in [2.45, 2.75) is 12.6 Å². The molecular formula is C21H19N5O. The van der Waals surface area contributed by atoms with Crippen molar-refractivity contribution in [2.24, 2.45) is 0 Å². The SMILES string of the molecule is O=C(N[C@@H](Cn1nccn1)c1ccccc1)c1ccc(-n2cccc2)cc1. The van der Waals surface area contributed by atoms with Gasteiger partial charge in [-0.1, -0.05) is 30.3 Å². The van der Waals surface area contributed by atoms with Crippen LogP contribution in [0.5, 0.6) is 0 Å². The number of hydrogen-bond acceptors (Lipinski definition) is 3. The fraction of sp³-hybridized carbons (Fsp3) is 0.0952. The minimum Gasteiger partial charge on any atom is -0.343 e. The molecule has 0 fully saturated rings. The number of aromatic nitrogens is 4. The maximum atomic E-state index is 12.8. The molecule has 0 aliphatic heterocycles. The summed E-state index contributed by atoms with van der Waals surface area (Å²) in [4.78, 5) is 14.4. The first-order valence-corrected chi connectivity index (χ1v) is 8.73. The van der Waals surface area contributed by atoms with Gasteiger partial charge in [0.15, 0.2) is 0 Å². The molecule has 0 aliphatic carbocycles. The van der Waals surface area contributed by atoms with E-state index in [9.17, 15) is 4.79 Å². The zero-order chi connectivity index (χ0) is 18.5. The summed E-state index contributed by atoms with van der Waals surface area (Å²) in [5, 5.41) is 11.4. The molecule has 27 heavy (non-hydrogen) atoms. The number of nitrogens with zero attached hydrogens (tertiary/aromatic N) is 4. The minimum absolute atomic E-state index is 0.130. The van der Waals surface area contributed by atoms with E-state index in [0.717, 1.165) is 11.3 Å². The summed E-state index contributed by atoms with van der Waals surface area (Å²) < 4.78 is 2.00. The molecule has 0 spiro atoms. The van der Waals surface area contributed by atoms with Gasteiger partial charge in [-0.3, -0.25) is 4.79 Å². The van der Waals surface area contributed by atoms with E-state index < -0.39 is 0 Å². The molecule has 2 aromatic carbocycles. The summed E-state index contributed by atoms with van der Waals surface area (Å²) in [6.45, 7) is 0.463. The zero-order valence-corrected chi connectivity index (χ0v) is 14.6. The van der Waals surface area contributed by atoms with Crippen LogP contribution in [-0.4, -0.2) is 25.5 Å². The Hall–Kier alpha value is -3.67. The Kier molecular flexibility index (Phi) is 4.78. The standard InChI is InChI=1S/C21H19N5O/c27-21(18-8-10-19(11-9-18)25-14-4-5-15-25)24-20(16-26-22-12-13-23-26)17-6-2-1-3-7-17/h1-15,20H,16H2,(H,24,27)/t20-/m0/s1. The number of carbonyl (C=O) groups is 1. The van der Waals surface area contributed by atoms with Gasteiger partial charge in [0.2, 0.25) is 0 Å². The van der Waals surface area contributed by atoms with Crippen LogP contribution in [0.25, 0.3) is 5.69 Å². The van der Waals surface area contributed by atoms with E-state index >= 15 is 0 Å². The van der Waals surface area contributed by atoms with Crippen molar-refractivity contribution >= 4 is 5.91 Å². The lowest BCUT2D eigenvalue weighted by Crippen LogP contribution is -2.32. The third-order valence-corrected chi connectivity index (χ3v) is 4.35. The molecular weight excluding hydrogens is 338 g/mol. The van der Waals surface area contributed by atoms with E-state index in [0.29, 0.717) is 12.1 Å². The Morgan fingerprint density at radius 1 is 0.889 bits per heavy atom. The molecule has 0 saturated carbocycles. The molecule has 0 unspecified atom stereocenters. The van der Waals surface area contributed by atoms with Gasteiger partial charge in [-0.25, -0.2) is 0 Å². The van der Waals surface area contributed by atoms with Gasteiger partial charge < -0.3 is 9.88 Å². The second-order valence-corrected chi connectivity index (χ2v) is 6.16. The van der Waals surface area contributed by atoms with Crippen molar-refractivity contribution in [1.82, 2.24) is 24.9 Å². The van der Waals surface area contributed by atoms with Crippen molar-refractivity contribution in [1.29, 1.82) is 0 Å². The van der Waals surface area contributed by atoms with Crippen LogP contribution in [0.15, 0.2) is 91.5 Å². The Morgan fingerprint density at radius 2 is 1.56 bits per heavy atom. The molecule has 134 valence electrons. The molecule has 1 atom stereocenters. The van der Waals surface area contributed by atoms with Gasteiger partial charge in [0, 0.05) is 23.6 Å². The third-order valence-electron chi connectivity index (χ3n) is 4.35. The predicted octanol–water partition coefficient (Wildman–Crippen LogP) is 3.24. The number of nitrogens with one attached hydrogen (secondary N) is 1. The Bertz CT molecular complexity index is 977. The summed E-state index contributed by atoms with van der Waals surface area (Å²) in [7, 11) is 0. The normalized spacial score (nSPS) is 11.9. The molecule has 6 nitrogen and oxygen atoms in total. The second-order valence-electron chi connectivity index (χ2n) is 6.16. The van der Waals surface area contributed by atoms with Crippen molar-refractivity contribution in [3.05, 3.63) is 103 Å². The van der Waals surface area contributed by atoms with Gasteiger partial charge in [0.05, 0.1) is 25.0 Å². The Labute approximate surface area is 157 Å². The minimum atomic E-state index is -0.227. The highest BCUT2D eigenvalue weighted by Crippen LogP contribution is 2.16. The average Bonchev–Trinajstić information content (AvgIpc) is 3.42. The van der Waals surface area contributed by atoms with Crippen LogP contribution in [0.1, 0.15) is 22.0 Å². The molecule has 1 amide bonds. The van der Waals surface area contributed by atoms with E-state index in [2.05, 4.69) is 15.5 Å². The fourth-order valence-corrected chi connectivity index (χ4v) is 2.95. The fourth-order valence-electron chi connectivity index (χ4n) is 2.95. The second kappa shape index (κ2) is 7.70. The van der Waals surface area contributed by atoms with E-state index in [-0.39, 0.29) is 11.9 Å². The molecule has 0 saturated heterocycles. The lowest BCUT2D eigenvalue weighted by Gasteiger charge is -2.19. The van der Waals surface area contributed by atoms with Crippen molar-refractivity contribution in [3.63, 3.8) is 0 Å². The number of rotatable bonds is 6. The summed E-state index contributed by atoms with van der Waals surface area (Å²) >= 11 is 0. The van der Waals surface area contributed by atoms with Gasteiger partial charge in [-0.2, -0.15) is 15.0 Å². The van der Waals surface area contributed by atoms with Gasteiger partial charge in [-0.15, -0.1) is 0 Å². The van der Waals surface area contributed by atoms with Crippen LogP contribution >= 0.6 is 0 Å². The number of hydrogen-bond donors (Lipinski definition) is 1. The molecule has 0 radical (unpaired) electrons. The van der Waals surface area contributed by atoms with Crippen LogP contribution in [0, 0.1) is 0 Å². The molecule has 4 aromatic rings. The Balaban J connectivity index is 1.52. The monoisotopic (exact) mass is 357 g/mol. The molecule has 1 N–H and O–H groups in total. The topological polar surface area (TPSA) is 64.7 Å². The van der Waals surface area contributed by atoms with E-state index in [4.69, 9.17) is 0 Å². The quantitative estimate of drug-likeness (QED) is 0.576. The highest BCUT2D eigenvalue weighted by molar-refractivity contribution is 5.94. The molecule has 4 rings (SSSR count). The van der Waals surface area contributed by atoms with E-state index in [1.165, 1.54) is 0 Å². The number of amides is 1. The van der Waals surface area contributed by atoms with Crippen LogP contribution in [0.4, 0.5) is 0 Å². The highest BCUT2D eigenvalue weighted by Gasteiger charge is 2.17. The summed E-state index contributed by atoms with van der Waals surface area (Å²) in [6.07, 6.45) is 7.20. The Morgan fingerprint density at radius 3 is 2.22 bits per heavy atom. The zero-order valence-electron chi connectivity index (χ0n) is 14.6. The average molecular weight is 357 g/mol.